The molecule has 0 aromatic carbocycles. The summed E-state index contributed by atoms with van der Waals surface area (Å²) in [7, 11) is 3.29. The van der Waals surface area contributed by atoms with Crippen LogP contribution in [0.3, 0.4) is 0 Å². The van der Waals surface area contributed by atoms with E-state index in [1.807, 2.05) is 0 Å². The van der Waals surface area contributed by atoms with Crippen molar-refractivity contribution in [3.63, 3.8) is 0 Å². The highest BCUT2D eigenvalue weighted by atomic mass is 16.7. The standard InChI is InChI=1S/C10H22N2O3/c1-13-10(14-2)4-3-9(11)12-5-7-15-8-6-12/h9-10H,3-8,11H2,1-2H3. The van der Waals surface area contributed by atoms with Gasteiger partial charge in [0, 0.05) is 33.7 Å². The summed E-state index contributed by atoms with van der Waals surface area (Å²) in [5.74, 6) is 0. The number of nitrogens with two attached hydrogens (primary N) is 1. The Morgan fingerprint density at radius 3 is 2.33 bits per heavy atom. The van der Waals surface area contributed by atoms with E-state index >= 15 is 0 Å². The molecule has 0 saturated carbocycles. The molecule has 0 aromatic rings. The van der Waals surface area contributed by atoms with Gasteiger partial charge >= 0.3 is 0 Å². The van der Waals surface area contributed by atoms with E-state index in [4.69, 9.17) is 19.9 Å². The summed E-state index contributed by atoms with van der Waals surface area (Å²) in [6, 6.07) is 0. The summed E-state index contributed by atoms with van der Waals surface area (Å²) < 4.78 is 15.5. The zero-order chi connectivity index (χ0) is 11.1. The third-order valence-corrected chi connectivity index (χ3v) is 2.74. The van der Waals surface area contributed by atoms with Crippen molar-refractivity contribution in [2.24, 2.45) is 5.73 Å². The van der Waals surface area contributed by atoms with E-state index in [9.17, 15) is 0 Å². The molecule has 1 aliphatic heterocycles. The minimum Gasteiger partial charge on any atom is -0.379 e. The molecule has 5 heteroatoms. The lowest BCUT2D eigenvalue weighted by Gasteiger charge is -2.32. The van der Waals surface area contributed by atoms with Crippen molar-refractivity contribution in [2.75, 3.05) is 40.5 Å². The molecule has 0 aliphatic carbocycles. The van der Waals surface area contributed by atoms with E-state index in [-0.39, 0.29) is 12.5 Å². The molecule has 2 N–H and O–H groups in total. The second-order valence-corrected chi connectivity index (χ2v) is 3.69. The van der Waals surface area contributed by atoms with Crippen LogP contribution in [0, 0.1) is 0 Å². The van der Waals surface area contributed by atoms with E-state index in [2.05, 4.69) is 4.90 Å². The largest absolute Gasteiger partial charge is 0.379 e. The molecular formula is C10H22N2O3. The van der Waals surface area contributed by atoms with Crippen molar-refractivity contribution in [1.29, 1.82) is 0 Å². The van der Waals surface area contributed by atoms with Crippen LogP contribution < -0.4 is 5.73 Å². The van der Waals surface area contributed by atoms with Crippen LogP contribution in [0.1, 0.15) is 12.8 Å². The number of ether oxygens (including phenoxy) is 3. The topological polar surface area (TPSA) is 57.0 Å². The predicted octanol–water partition coefficient (Wildman–Crippen LogP) is 0.00250. The van der Waals surface area contributed by atoms with Gasteiger partial charge in [-0.2, -0.15) is 0 Å². The summed E-state index contributed by atoms with van der Waals surface area (Å²) in [4.78, 5) is 2.24. The van der Waals surface area contributed by atoms with Gasteiger partial charge in [0.15, 0.2) is 6.29 Å². The summed E-state index contributed by atoms with van der Waals surface area (Å²) in [5.41, 5.74) is 6.07. The van der Waals surface area contributed by atoms with Crippen LogP contribution in [0.4, 0.5) is 0 Å². The number of methoxy groups -OCH3 is 2. The molecule has 1 atom stereocenters. The normalized spacial score (nSPS) is 20.8. The maximum absolute atomic E-state index is 6.07. The highest BCUT2D eigenvalue weighted by Crippen LogP contribution is 2.08. The average Bonchev–Trinajstić information content (AvgIpc) is 2.31. The Balaban J connectivity index is 2.18. The third kappa shape index (κ3) is 4.44. The van der Waals surface area contributed by atoms with Crippen LogP contribution in [0.2, 0.25) is 0 Å². The van der Waals surface area contributed by atoms with Crippen LogP contribution in [0.15, 0.2) is 0 Å². The van der Waals surface area contributed by atoms with Gasteiger partial charge in [-0.15, -0.1) is 0 Å². The second kappa shape index (κ2) is 7.14. The fourth-order valence-corrected chi connectivity index (χ4v) is 1.73. The van der Waals surface area contributed by atoms with Crippen molar-refractivity contribution in [2.45, 2.75) is 25.3 Å². The molecule has 1 saturated heterocycles. The number of hydrogen-bond acceptors (Lipinski definition) is 5. The van der Waals surface area contributed by atoms with Crippen LogP contribution in [-0.2, 0) is 14.2 Å². The fourth-order valence-electron chi connectivity index (χ4n) is 1.73. The van der Waals surface area contributed by atoms with Crippen molar-refractivity contribution in [3.8, 4) is 0 Å². The lowest BCUT2D eigenvalue weighted by molar-refractivity contribution is -0.110. The Morgan fingerprint density at radius 2 is 1.80 bits per heavy atom. The highest BCUT2D eigenvalue weighted by Gasteiger charge is 2.18. The van der Waals surface area contributed by atoms with Gasteiger partial charge in [-0.3, -0.25) is 4.90 Å². The number of morpholine rings is 1. The monoisotopic (exact) mass is 218 g/mol. The molecule has 0 radical (unpaired) electrons. The van der Waals surface area contributed by atoms with Gasteiger partial charge in [-0.05, 0) is 6.42 Å². The quantitative estimate of drug-likeness (QED) is 0.636. The molecule has 0 amide bonds. The van der Waals surface area contributed by atoms with Crippen molar-refractivity contribution >= 4 is 0 Å². The molecule has 90 valence electrons. The number of nitrogens with zero attached hydrogens (tertiary/aromatic N) is 1. The van der Waals surface area contributed by atoms with E-state index < -0.39 is 0 Å². The summed E-state index contributed by atoms with van der Waals surface area (Å²) in [6.07, 6.45) is 1.65. The minimum atomic E-state index is -0.142. The molecule has 1 heterocycles. The summed E-state index contributed by atoms with van der Waals surface area (Å²) in [5, 5.41) is 0. The van der Waals surface area contributed by atoms with Crippen LogP contribution in [0.5, 0.6) is 0 Å². The summed E-state index contributed by atoms with van der Waals surface area (Å²) in [6.45, 7) is 3.41. The summed E-state index contributed by atoms with van der Waals surface area (Å²) >= 11 is 0. The number of hydrogen-bond donors (Lipinski definition) is 1. The second-order valence-electron chi connectivity index (χ2n) is 3.69. The lowest BCUT2D eigenvalue weighted by Crippen LogP contribution is -2.48. The zero-order valence-corrected chi connectivity index (χ0v) is 9.65. The molecular weight excluding hydrogens is 196 g/mol. The van der Waals surface area contributed by atoms with Gasteiger partial charge in [0.05, 0.1) is 19.4 Å². The molecule has 1 rings (SSSR count). The third-order valence-electron chi connectivity index (χ3n) is 2.74. The van der Waals surface area contributed by atoms with Gasteiger partial charge in [0.1, 0.15) is 0 Å². The molecule has 1 aliphatic rings. The fraction of sp³-hybridized carbons (Fsp3) is 1.00. The Labute approximate surface area is 91.5 Å². The first kappa shape index (κ1) is 12.9. The Hall–Kier alpha value is -0.200. The van der Waals surface area contributed by atoms with Crippen LogP contribution in [-0.4, -0.2) is 57.9 Å². The van der Waals surface area contributed by atoms with Gasteiger partial charge in [0.25, 0.3) is 0 Å². The lowest BCUT2D eigenvalue weighted by atomic mass is 10.2. The molecule has 1 fully saturated rings. The molecule has 5 nitrogen and oxygen atoms in total. The first-order valence-electron chi connectivity index (χ1n) is 5.41. The minimum absolute atomic E-state index is 0.0849. The van der Waals surface area contributed by atoms with Gasteiger partial charge in [-0.1, -0.05) is 0 Å². The average molecular weight is 218 g/mol. The molecule has 0 aromatic heterocycles. The maximum atomic E-state index is 6.07. The maximum Gasteiger partial charge on any atom is 0.156 e. The Bertz CT molecular complexity index is 159. The van der Waals surface area contributed by atoms with Crippen molar-refractivity contribution in [3.05, 3.63) is 0 Å². The van der Waals surface area contributed by atoms with E-state index in [1.54, 1.807) is 14.2 Å². The highest BCUT2D eigenvalue weighted by molar-refractivity contribution is 4.69. The SMILES string of the molecule is COC(CCC(N)N1CCOCC1)OC. The van der Waals surface area contributed by atoms with Crippen molar-refractivity contribution in [1.82, 2.24) is 4.90 Å². The first-order chi connectivity index (χ1) is 7.27. The van der Waals surface area contributed by atoms with E-state index in [1.165, 1.54) is 0 Å². The Kier molecular flexibility index (Phi) is 6.12. The molecule has 15 heavy (non-hydrogen) atoms. The smallest absolute Gasteiger partial charge is 0.156 e. The van der Waals surface area contributed by atoms with E-state index in [0.29, 0.717) is 0 Å². The molecule has 1 unspecified atom stereocenters. The Morgan fingerprint density at radius 1 is 1.20 bits per heavy atom. The van der Waals surface area contributed by atoms with Gasteiger partial charge in [0.2, 0.25) is 0 Å². The van der Waals surface area contributed by atoms with E-state index in [0.717, 1.165) is 39.1 Å². The molecule has 0 bridgehead atoms. The first-order valence-corrected chi connectivity index (χ1v) is 5.41. The van der Waals surface area contributed by atoms with Crippen LogP contribution >= 0.6 is 0 Å². The number of rotatable bonds is 6. The van der Waals surface area contributed by atoms with Gasteiger partial charge in [-0.25, -0.2) is 0 Å². The van der Waals surface area contributed by atoms with Crippen LogP contribution in [0.25, 0.3) is 0 Å². The zero-order valence-electron chi connectivity index (χ0n) is 9.65. The predicted molar refractivity (Wildman–Crippen MR) is 57.4 cm³/mol. The van der Waals surface area contributed by atoms with Crippen molar-refractivity contribution < 1.29 is 14.2 Å². The van der Waals surface area contributed by atoms with Gasteiger partial charge < -0.3 is 19.9 Å². The molecule has 0 spiro atoms.